The molecule has 0 bridgehead atoms. The third kappa shape index (κ3) is 7.44. The zero-order valence-corrected chi connectivity index (χ0v) is 18.8. The van der Waals surface area contributed by atoms with Gasteiger partial charge in [-0.25, -0.2) is 0 Å². The van der Waals surface area contributed by atoms with Crippen molar-refractivity contribution in [3.8, 4) is 5.75 Å². The quantitative estimate of drug-likeness (QED) is 0.680. The number of ether oxygens (including phenoxy) is 1. The van der Waals surface area contributed by atoms with Crippen LogP contribution in [-0.2, 0) is 15.0 Å². The number of rotatable bonds is 8. The maximum Gasteiger partial charge on any atom is 0.251 e. The van der Waals surface area contributed by atoms with Gasteiger partial charge >= 0.3 is 0 Å². The normalized spacial score (nSPS) is 10.9. The molecular weight excluding hydrogens is 394 g/mol. The van der Waals surface area contributed by atoms with Crippen molar-refractivity contribution >= 4 is 23.4 Å². The number of methoxy groups -OCH3 is 1. The largest absolute Gasteiger partial charge is 0.497 e. The van der Waals surface area contributed by atoms with E-state index in [0.717, 1.165) is 5.56 Å². The molecule has 2 aromatic rings. The fourth-order valence-corrected chi connectivity index (χ4v) is 2.90. The van der Waals surface area contributed by atoms with Gasteiger partial charge in [-0.05, 0) is 35.2 Å². The summed E-state index contributed by atoms with van der Waals surface area (Å²) in [7, 11) is 3.10. The predicted molar refractivity (Wildman–Crippen MR) is 121 cm³/mol. The van der Waals surface area contributed by atoms with Gasteiger partial charge in [-0.15, -0.1) is 0 Å². The van der Waals surface area contributed by atoms with Crippen molar-refractivity contribution in [3.05, 3.63) is 59.7 Å². The van der Waals surface area contributed by atoms with E-state index < -0.39 is 0 Å². The predicted octanol–water partition coefficient (Wildman–Crippen LogP) is 3.21. The standard InChI is InChI=1S/C24H31N3O4/c1-24(2,3)18-11-9-17(10-12-18)23(30)25-14-13-22(29)27(4)16-21(28)26-19-7-6-8-20(15-19)31-5/h6-12,15H,13-14,16H2,1-5H3,(H,25,30)(H,26,28). The molecule has 0 unspecified atom stereocenters. The molecule has 0 saturated carbocycles. The number of hydrogen-bond acceptors (Lipinski definition) is 4. The molecule has 0 spiro atoms. The summed E-state index contributed by atoms with van der Waals surface area (Å²) in [4.78, 5) is 38.1. The number of hydrogen-bond donors (Lipinski definition) is 2. The van der Waals surface area contributed by atoms with E-state index >= 15 is 0 Å². The Kier molecular flexibility index (Phi) is 8.19. The maximum absolute atomic E-state index is 12.3. The molecule has 2 N–H and O–H groups in total. The molecule has 2 rings (SSSR count). The van der Waals surface area contributed by atoms with E-state index in [2.05, 4.69) is 31.4 Å². The molecule has 0 aliphatic carbocycles. The molecular formula is C24H31N3O4. The van der Waals surface area contributed by atoms with Crippen molar-refractivity contribution in [3.63, 3.8) is 0 Å². The van der Waals surface area contributed by atoms with Gasteiger partial charge in [-0.1, -0.05) is 39.0 Å². The molecule has 2 aromatic carbocycles. The summed E-state index contributed by atoms with van der Waals surface area (Å²) in [5.74, 6) is -0.144. The average Bonchev–Trinajstić information content (AvgIpc) is 2.73. The fourth-order valence-electron chi connectivity index (χ4n) is 2.90. The van der Waals surface area contributed by atoms with E-state index in [9.17, 15) is 14.4 Å². The van der Waals surface area contributed by atoms with Gasteiger partial charge in [0.15, 0.2) is 0 Å². The zero-order chi connectivity index (χ0) is 23.0. The first kappa shape index (κ1) is 23.9. The third-order valence-corrected chi connectivity index (χ3v) is 4.80. The van der Waals surface area contributed by atoms with Crippen LogP contribution in [0.1, 0.15) is 43.1 Å². The van der Waals surface area contributed by atoms with Gasteiger partial charge in [-0.3, -0.25) is 14.4 Å². The van der Waals surface area contributed by atoms with Crippen molar-refractivity contribution in [1.82, 2.24) is 10.2 Å². The summed E-state index contributed by atoms with van der Waals surface area (Å²) in [5.41, 5.74) is 2.31. The van der Waals surface area contributed by atoms with Crippen LogP contribution < -0.4 is 15.4 Å². The molecule has 0 aliphatic rings. The molecule has 166 valence electrons. The maximum atomic E-state index is 12.3. The highest BCUT2D eigenvalue weighted by Crippen LogP contribution is 2.22. The number of amides is 3. The molecule has 7 nitrogen and oxygen atoms in total. The minimum Gasteiger partial charge on any atom is -0.497 e. The van der Waals surface area contributed by atoms with Crippen LogP contribution in [0, 0.1) is 0 Å². The van der Waals surface area contributed by atoms with Crippen molar-refractivity contribution < 1.29 is 19.1 Å². The fraction of sp³-hybridized carbons (Fsp3) is 0.375. The lowest BCUT2D eigenvalue weighted by molar-refractivity contribution is -0.133. The molecule has 0 aliphatic heterocycles. The van der Waals surface area contributed by atoms with E-state index in [0.29, 0.717) is 17.0 Å². The Labute approximate surface area is 183 Å². The first-order valence-corrected chi connectivity index (χ1v) is 10.2. The molecule has 0 aromatic heterocycles. The van der Waals surface area contributed by atoms with Crippen LogP contribution in [-0.4, -0.2) is 49.9 Å². The van der Waals surface area contributed by atoms with E-state index in [-0.39, 0.29) is 42.6 Å². The van der Waals surface area contributed by atoms with Crippen LogP contribution in [0.4, 0.5) is 5.69 Å². The highest BCUT2D eigenvalue weighted by molar-refractivity contribution is 5.95. The lowest BCUT2D eigenvalue weighted by atomic mass is 9.87. The van der Waals surface area contributed by atoms with Gasteiger partial charge in [0.25, 0.3) is 5.91 Å². The number of carbonyl (C=O) groups is 3. The minimum atomic E-state index is -0.313. The lowest BCUT2D eigenvalue weighted by Crippen LogP contribution is -2.37. The van der Waals surface area contributed by atoms with Crippen LogP contribution in [0.3, 0.4) is 0 Å². The van der Waals surface area contributed by atoms with E-state index in [1.165, 1.54) is 4.90 Å². The Morgan fingerprint density at radius 3 is 2.32 bits per heavy atom. The summed E-state index contributed by atoms with van der Waals surface area (Å²) in [6.45, 7) is 6.45. The van der Waals surface area contributed by atoms with Gasteiger partial charge in [0.2, 0.25) is 11.8 Å². The topological polar surface area (TPSA) is 87.7 Å². The summed E-state index contributed by atoms with van der Waals surface area (Å²) >= 11 is 0. The van der Waals surface area contributed by atoms with E-state index in [1.807, 2.05) is 12.1 Å². The van der Waals surface area contributed by atoms with Crippen LogP contribution >= 0.6 is 0 Å². The minimum absolute atomic E-state index is 0.0187. The molecule has 3 amide bonds. The second-order valence-corrected chi connectivity index (χ2v) is 8.36. The molecule has 0 heterocycles. The second kappa shape index (κ2) is 10.6. The van der Waals surface area contributed by atoms with E-state index in [1.54, 1.807) is 50.6 Å². The average molecular weight is 426 g/mol. The Morgan fingerprint density at radius 1 is 1.03 bits per heavy atom. The number of likely N-dealkylation sites (N-methyl/N-ethyl adjacent to an activating group) is 1. The number of carbonyl (C=O) groups excluding carboxylic acids is 3. The highest BCUT2D eigenvalue weighted by atomic mass is 16.5. The highest BCUT2D eigenvalue weighted by Gasteiger charge is 2.16. The van der Waals surface area contributed by atoms with Crippen molar-refractivity contribution in [1.29, 1.82) is 0 Å². The van der Waals surface area contributed by atoms with Gasteiger partial charge in [-0.2, -0.15) is 0 Å². The molecule has 31 heavy (non-hydrogen) atoms. The Bertz CT molecular complexity index is 917. The van der Waals surface area contributed by atoms with Gasteiger partial charge in [0.1, 0.15) is 5.75 Å². The van der Waals surface area contributed by atoms with Crippen molar-refractivity contribution in [2.45, 2.75) is 32.6 Å². The second-order valence-electron chi connectivity index (χ2n) is 8.36. The smallest absolute Gasteiger partial charge is 0.251 e. The third-order valence-electron chi connectivity index (χ3n) is 4.80. The number of anilines is 1. The van der Waals surface area contributed by atoms with Crippen molar-refractivity contribution in [2.24, 2.45) is 0 Å². The van der Waals surface area contributed by atoms with Gasteiger partial charge < -0.3 is 20.3 Å². The van der Waals surface area contributed by atoms with Crippen LogP contribution in [0.2, 0.25) is 0 Å². The van der Waals surface area contributed by atoms with Crippen molar-refractivity contribution in [2.75, 3.05) is 32.6 Å². The molecule has 0 radical (unpaired) electrons. The molecule has 0 saturated heterocycles. The molecule has 0 atom stereocenters. The zero-order valence-electron chi connectivity index (χ0n) is 18.8. The lowest BCUT2D eigenvalue weighted by Gasteiger charge is -2.19. The number of nitrogens with one attached hydrogen (secondary N) is 2. The summed E-state index contributed by atoms with van der Waals surface area (Å²) in [5, 5.41) is 5.48. The number of nitrogens with zero attached hydrogens (tertiary/aromatic N) is 1. The first-order chi connectivity index (χ1) is 14.6. The summed E-state index contributed by atoms with van der Waals surface area (Å²) < 4.78 is 5.12. The monoisotopic (exact) mass is 425 g/mol. The van der Waals surface area contributed by atoms with Gasteiger partial charge in [0.05, 0.1) is 13.7 Å². The number of benzene rings is 2. The van der Waals surface area contributed by atoms with Crippen LogP contribution in [0.15, 0.2) is 48.5 Å². The summed E-state index contributed by atoms with van der Waals surface area (Å²) in [6.07, 6.45) is 0.106. The molecule has 0 fully saturated rings. The van der Waals surface area contributed by atoms with E-state index in [4.69, 9.17) is 4.74 Å². The first-order valence-electron chi connectivity index (χ1n) is 10.2. The van der Waals surface area contributed by atoms with Crippen LogP contribution in [0.5, 0.6) is 5.75 Å². The summed E-state index contributed by atoms with van der Waals surface area (Å²) in [6, 6.07) is 14.4. The SMILES string of the molecule is COc1cccc(NC(=O)CN(C)C(=O)CCNC(=O)c2ccc(C(C)(C)C)cc2)c1. The Morgan fingerprint density at radius 2 is 1.71 bits per heavy atom. The van der Waals surface area contributed by atoms with Gasteiger partial charge in [0, 0.05) is 37.3 Å². The Hall–Kier alpha value is -3.35. The van der Waals surface area contributed by atoms with Crippen LogP contribution in [0.25, 0.3) is 0 Å². The molecule has 7 heteroatoms. The Balaban J connectivity index is 1.77.